The van der Waals surface area contributed by atoms with Crippen molar-refractivity contribution in [3.63, 3.8) is 0 Å². The number of hydrogen-bond acceptors (Lipinski definition) is 4. The number of carbonyl (C=O) groups excluding carboxylic acids is 2. The quantitative estimate of drug-likeness (QED) is 0.275. The first-order valence-corrected chi connectivity index (χ1v) is 15.0. The van der Waals surface area contributed by atoms with E-state index in [1.54, 1.807) is 43.3 Å². The molecule has 0 saturated heterocycles. The molecule has 3 aromatic carbocycles. The number of hydrogen-bond donors (Lipinski definition) is 1. The number of sulfonamides is 1. The number of halogens is 3. The fraction of sp³-hybridized carbons (Fsp3) is 0.310. The van der Waals surface area contributed by atoms with Crippen molar-refractivity contribution in [2.75, 3.05) is 17.4 Å². The maximum Gasteiger partial charge on any atom is 0.264 e. The Kier molecular flexibility index (Phi) is 11.0. The van der Waals surface area contributed by atoms with E-state index in [1.807, 2.05) is 13.8 Å². The minimum atomic E-state index is -4.29. The van der Waals surface area contributed by atoms with Crippen LogP contribution in [0.25, 0.3) is 0 Å². The van der Waals surface area contributed by atoms with Crippen molar-refractivity contribution in [3.05, 3.63) is 93.7 Å². The molecule has 3 rings (SSSR count). The molecule has 0 aliphatic carbocycles. The van der Waals surface area contributed by atoms with Gasteiger partial charge in [0.05, 0.1) is 10.6 Å². The molecular weight excluding hydrogens is 576 g/mol. The van der Waals surface area contributed by atoms with E-state index < -0.39 is 34.3 Å². The summed E-state index contributed by atoms with van der Waals surface area (Å²) in [4.78, 5) is 28.3. The first kappa shape index (κ1) is 31.4. The van der Waals surface area contributed by atoms with Crippen LogP contribution < -0.4 is 9.62 Å². The summed E-state index contributed by atoms with van der Waals surface area (Å²) >= 11 is 12.5. The van der Waals surface area contributed by atoms with Crippen LogP contribution in [0, 0.1) is 12.7 Å². The third kappa shape index (κ3) is 7.74. The molecule has 7 nitrogen and oxygen atoms in total. The van der Waals surface area contributed by atoms with E-state index in [0.717, 1.165) is 34.1 Å². The lowest BCUT2D eigenvalue weighted by Gasteiger charge is -2.33. The summed E-state index contributed by atoms with van der Waals surface area (Å²) in [5, 5.41) is 3.55. The van der Waals surface area contributed by atoms with Gasteiger partial charge >= 0.3 is 0 Å². The first-order chi connectivity index (χ1) is 19.0. The van der Waals surface area contributed by atoms with Gasteiger partial charge in [-0.3, -0.25) is 13.9 Å². The predicted octanol–water partition coefficient (Wildman–Crippen LogP) is 5.97. The molecule has 0 fully saturated rings. The van der Waals surface area contributed by atoms with Crippen molar-refractivity contribution in [2.24, 2.45) is 0 Å². The zero-order valence-electron chi connectivity index (χ0n) is 22.5. The van der Waals surface area contributed by atoms with E-state index in [4.69, 9.17) is 23.2 Å². The Balaban J connectivity index is 2.06. The smallest absolute Gasteiger partial charge is 0.264 e. The highest BCUT2D eigenvalue weighted by Gasteiger charge is 2.34. The summed E-state index contributed by atoms with van der Waals surface area (Å²) in [5.41, 5.74) is 1.69. The van der Waals surface area contributed by atoms with Gasteiger partial charge in [0.2, 0.25) is 11.8 Å². The van der Waals surface area contributed by atoms with Gasteiger partial charge in [0.1, 0.15) is 18.4 Å². The molecule has 0 unspecified atom stereocenters. The summed E-state index contributed by atoms with van der Waals surface area (Å²) in [7, 11) is -4.29. The number of benzene rings is 3. The van der Waals surface area contributed by atoms with Gasteiger partial charge < -0.3 is 10.2 Å². The standard InChI is InChI=1S/C29H32Cl2FN3O4S/c1-4-16-33-29(37)27(5-2)34(18-21-8-9-22(30)17-26(21)31)28(36)19-35(24-12-6-20(3)7-13-24)40(38,39)25-14-10-23(32)11-15-25/h6-15,17,27H,4-5,16,18-19H2,1-3H3,(H,33,37)/t27-/m1/s1. The highest BCUT2D eigenvalue weighted by molar-refractivity contribution is 7.92. The van der Waals surface area contributed by atoms with Gasteiger partial charge in [-0.15, -0.1) is 0 Å². The van der Waals surface area contributed by atoms with Crippen molar-refractivity contribution in [1.29, 1.82) is 0 Å². The molecule has 214 valence electrons. The summed E-state index contributed by atoms with van der Waals surface area (Å²) in [6, 6.07) is 15.0. The number of rotatable bonds is 12. The summed E-state index contributed by atoms with van der Waals surface area (Å²) < 4.78 is 42.1. The second kappa shape index (κ2) is 14.0. The van der Waals surface area contributed by atoms with Gasteiger partial charge in [-0.25, -0.2) is 12.8 Å². The van der Waals surface area contributed by atoms with Crippen LogP contribution in [-0.4, -0.2) is 44.3 Å². The van der Waals surface area contributed by atoms with Gasteiger partial charge in [-0.2, -0.15) is 0 Å². The zero-order chi connectivity index (χ0) is 29.4. The van der Waals surface area contributed by atoms with E-state index in [9.17, 15) is 22.4 Å². The maximum absolute atomic E-state index is 14.0. The van der Waals surface area contributed by atoms with Gasteiger partial charge in [0, 0.05) is 23.1 Å². The lowest BCUT2D eigenvalue weighted by atomic mass is 10.1. The number of anilines is 1. The number of nitrogens with one attached hydrogen (secondary N) is 1. The molecule has 0 bridgehead atoms. The zero-order valence-corrected chi connectivity index (χ0v) is 24.9. The van der Waals surface area contributed by atoms with Crippen LogP contribution in [0.1, 0.15) is 37.8 Å². The predicted molar refractivity (Wildman–Crippen MR) is 157 cm³/mol. The van der Waals surface area contributed by atoms with Crippen LogP contribution in [0.5, 0.6) is 0 Å². The summed E-state index contributed by atoms with van der Waals surface area (Å²) in [5.74, 6) is -1.56. The molecule has 1 atom stereocenters. The summed E-state index contributed by atoms with van der Waals surface area (Å²) in [6.45, 7) is 5.31. The highest BCUT2D eigenvalue weighted by Crippen LogP contribution is 2.27. The van der Waals surface area contributed by atoms with Crippen LogP contribution in [0.3, 0.4) is 0 Å². The first-order valence-electron chi connectivity index (χ1n) is 12.8. The van der Waals surface area contributed by atoms with Crippen molar-refractivity contribution in [3.8, 4) is 0 Å². The molecule has 0 spiro atoms. The van der Waals surface area contributed by atoms with Gasteiger partial charge in [0.15, 0.2) is 0 Å². The average molecular weight is 609 g/mol. The van der Waals surface area contributed by atoms with E-state index >= 15 is 0 Å². The number of carbonyl (C=O) groups is 2. The third-order valence-corrected chi connectivity index (χ3v) is 8.67. The molecule has 11 heteroatoms. The molecule has 0 aromatic heterocycles. The van der Waals surface area contributed by atoms with E-state index in [2.05, 4.69) is 5.32 Å². The van der Waals surface area contributed by atoms with Crippen LogP contribution in [0.2, 0.25) is 10.0 Å². The molecule has 0 aliphatic heterocycles. The SMILES string of the molecule is CCCNC(=O)[C@@H](CC)N(Cc1ccc(Cl)cc1Cl)C(=O)CN(c1ccc(C)cc1)S(=O)(=O)c1ccc(F)cc1. The fourth-order valence-corrected chi connectivity index (χ4v) is 5.97. The minimum Gasteiger partial charge on any atom is -0.354 e. The normalized spacial score (nSPS) is 12.1. The molecule has 1 N–H and O–H groups in total. The maximum atomic E-state index is 14.0. The Labute approximate surface area is 244 Å². The largest absolute Gasteiger partial charge is 0.354 e. The topological polar surface area (TPSA) is 86.8 Å². The minimum absolute atomic E-state index is 0.0504. The van der Waals surface area contributed by atoms with E-state index in [-0.39, 0.29) is 29.5 Å². The number of amides is 2. The van der Waals surface area contributed by atoms with Crippen LogP contribution >= 0.6 is 23.2 Å². The lowest BCUT2D eigenvalue weighted by molar-refractivity contribution is -0.140. The number of nitrogens with zero attached hydrogens (tertiary/aromatic N) is 2. The monoisotopic (exact) mass is 607 g/mol. The molecule has 2 amide bonds. The molecule has 0 aliphatic rings. The van der Waals surface area contributed by atoms with Crippen LogP contribution in [-0.2, 0) is 26.2 Å². The van der Waals surface area contributed by atoms with Crippen molar-refractivity contribution in [1.82, 2.24) is 10.2 Å². The molecular formula is C29H32Cl2FN3O4S. The van der Waals surface area contributed by atoms with Crippen molar-refractivity contribution in [2.45, 2.75) is 51.1 Å². The van der Waals surface area contributed by atoms with E-state index in [1.165, 1.54) is 11.0 Å². The number of aryl methyl sites for hydroxylation is 1. The summed E-state index contributed by atoms with van der Waals surface area (Å²) in [6.07, 6.45) is 0.984. The third-order valence-electron chi connectivity index (χ3n) is 6.29. The van der Waals surface area contributed by atoms with Gasteiger partial charge in [-0.1, -0.05) is 60.8 Å². The second-order valence-corrected chi connectivity index (χ2v) is 12.0. The molecule has 0 heterocycles. The van der Waals surface area contributed by atoms with Crippen LogP contribution in [0.15, 0.2) is 71.6 Å². The second-order valence-electron chi connectivity index (χ2n) is 9.27. The molecule has 0 radical (unpaired) electrons. The van der Waals surface area contributed by atoms with Crippen LogP contribution in [0.4, 0.5) is 10.1 Å². The molecule has 0 saturated carbocycles. The Bertz CT molecular complexity index is 1430. The van der Waals surface area contributed by atoms with Crippen molar-refractivity contribution >= 4 is 50.7 Å². The Morgan fingerprint density at radius 3 is 2.20 bits per heavy atom. The lowest BCUT2D eigenvalue weighted by Crippen LogP contribution is -2.52. The van der Waals surface area contributed by atoms with Gasteiger partial charge in [-0.05, 0) is 73.9 Å². The Hall–Kier alpha value is -3.14. The van der Waals surface area contributed by atoms with Gasteiger partial charge in [0.25, 0.3) is 10.0 Å². The highest BCUT2D eigenvalue weighted by atomic mass is 35.5. The van der Waals surface area contributed by atoms with Crippen molar-refractivity contribution < 1.29 is 22.4 Å². The Morgan fingerprint density at radius 1 is 0.975 bits per heavy atom. The average Bonchev–Trinajstić information content (AvgIpc) is 2.92. The Morgan fingerprint density at radius 2 is 1.62 bits per heavy atom. The molecule has 3 aromatic rings. The van der Waals surface area contributed by atoms with E-state index in [0.29, 0.717) is 28.6 Å². The molecule has 40 heavy (non-hydrogen) atoms. The fourth-order valence-electron chi connectivity index (χ4n) is 4.09.